The molecule has 0 bridgehead atoms. The molecule has 0 fully saturated rings. The summed E-state index contributed by atoms with van der Waals surface area (Å²) in [4.78, 5) is 23.1. The maximum absolute atomic E-state index is 11.6. The molecule has 0 aliphatic heterocycles. The molecule has 2 heteroatoms. The molecule has 15 heavy (non-hydrogen) atoms. The van der Waals surface area contributed by atoms with Crippen molar-refractivity contribution in [1.29, 1.82) is 0 Å². The van der Waals surface area contributed by atoms with E-state index < -0.39 is 5.41 Å². The van der Waals surface area contributed by atoms with Gasteiger partial charge >= 0.3 is 0 Å². The number of hydrogen-bond donors (Lipinski definition) is 0. The Morgan fingerprint density at radius 1 is 0.933 bits per heavy atom. The van der Waals surface area contributed by atoms with Gasteiger partial charge in [-0.05, 0) is 11.8 Å². The minimum absolute atomic E-state index is 0.0430. The predicted molar refractivity (Wildman–Crippen MR) is 62.8 cm³/mol. The standard InChI is InChI=1S/C13H24O2/c1-12(2,3)8-7-10(14)9-11(15)13(4,5)6/h7-9H2,1-6H3. The Morgan fingerprint density at radius 3 is 1.73 bits per heavy atom. The molecule has 0 aromatic carbocycles. The average molecular weight is 212 g/mol. The molecule has 0 aliphatic carbocycles. The third-order valence-electron chi connectivity index (χ3n) is 2.35. The van der Waals surface area contributed by atoms with Crippen LogP contribution in [0, 0.1) is 10.8 Å². The molecule has 0 radical (unpaired) electrons. The highest BCUT2D eigenvalue weighted by Crippen LogP contribution is 2.22. The van der Waals surface area contributed by atoms with Crippen molar-refractivity contribution in [1.82, 2.24) is 0 Å². The second-order valence-electron chi connectivity index (χ2n) is 6.45. The number of hydrogen-bond acceptors (Lipinski definition) is 2. The Morgan fingerprint density at radius 2 is 1.40 bits per heavy atom. The van der Waals surface area contributed by atoms with Gasteiger partial charge in [-0.2, -0.15) is 0 Å². The lowest BCUT2D eigenvalue weighted by Gasteiger charge is -2.18. The molecule has 0 saturated heterocycles. The zero-order chi connectivity index (χ0) is 12.3. The summed E-state index contributed by atoms with van der Waals surface area (Å²) in [6.45, 7) is 11.9. The molecule has 0 saturated carbocycles. The molecule has 0 aromatic rings. The first-order valence-corrected chi connectivity index (χ1v) is 5.57. The van der Waals surface area contributed by atoms with Crippen LogP contribution in [0.2, 0.25) is 0 Å². The molecule has 2 nitrogen and oxygen atoms in total. The lowest BCUT2D eigenvalue weighted by Crippen LogP contribution is -2.23. The van der Waals surface area contributed by atoms with Gasteiger partial charge in [-0.1, -0.05) is 41.5 Å². The summed E-state index contributed by atoms with van der Waals surface area (Å²) >= 11 is 0. The van der Waals surface area contributed by atoms with Gasteiger partial charge in [-0.15, -0.1) is 0 Å². The summed E-state index contributed by atoms with van der Waals surface area (Å²) in [5, 5.41) is 0. The van der Waals surface area contributed by atoms with Crippen molar-refractivity contribution in [3.05, 3.63) is 0 Å². The normalized spacial score (nSPS) is 12.7. The summed E-state index contributed by atoms with van der Waals surface area (Å²) < 4.78 is 0. The van der Waals surface area contributed by atoms with Crippen molar-refractivity contribution in [2.45, 2.75) is 60.8 Å². The quantitative estimate of drug-likeness (QED) is 0.669. The fourth-order valence-electron chi connectivity index (χ4n) is 1.05. The van der Waals surface area contributed by atoms with Gasteiger partial charge in [0.1, 0.15) is 11.6 Å². The molecule has 0 spiro atoms. The minimum Gasteiger partial charge on any atom is -0.299 e. The van der Waals surface area contributed by atoms with Gasteiger partial charge < -0.3 is 0 Å². The fraction of sp³-hybridized carbons (Fsp3) is 0.846. The molecule has 0 N–H and O–H groups in total. The van der Waals surface area contributed by atoms with Crippen LogP contribution < -0.4 is 0 Å². The first-order valence-electron chi connectivity index (χ1n) is 5.57. The summed E-state index contributed by atoms with van der Waals surface area (Å²) in [6, 6.07) is 0. The summed E-state index contributed by atoms with van der Waals surface area (Å²) in [5.74, 6) is 0.117. The number of ketones is 2. The molecule has 0 aromatic heterocycles. The monoisotopic (exact) mass is 212 g/mol. The van der Waals surface area contributed by atoms with Crippen molar-refractivity contribution in [3.8, 4) is 0 Å². The van der Waals surface area contributed by atoms with E-state index in [-0.39, 0.29) is 23.4 Å². The smallest absolute Gasteiger partial charge is 0.145 e. The molecule has 0 rings (SSSR count). The Labute approximate surface area is 93.4 Å². The second kappa shape index (κ2) is 4.91. The number of carbonyl (C=O) groups excluding carboxylic acids is 2. The van der Waals surface area contributed by atoms with Crippen LogP contribution in [0.25, 0.3) is 0 Å². The van der Waals surface area contributed by atoms with Gasteiger partial charge in [0.05, 0.1) is 6.42 Å². The van der Waals surface area contributed by atoms with Crippen molar-refractivity contribution in [2.75, 3.05) is 0 Å². The second-order valence-corrected chi connectivity index (χ2v) is 6.45. The molecule has 0 unspecified atom stereocenters. The first kappa shape index (κ1) is 14.3. The van der Waals surface area contributed by atoms with E-state index in [1.807, 2.05) is 20.8 Å². The maximum atomic E-state index is 11.6. The number of Topliss-reactive ketones (excluding diaryl/α,β-unsaturated/α-hetero) is 2. The largest absolute Gasteiger partial charge is 0.299 e. The zero-order valence-corrected chi connectivity index (χ0v) is 10.9. The molecular formula is C13H24O2. The molecule has 0 aliphatic rings. The van der Waals surface area contributed by atoms with E-state index >= 15 is 0 Å². The van der Waals surface area contributed by atoms with E-state index in [0.29, 0.717) is 6.42 Å². The Kier molecular flexibility index (Phi) is 4.69. The van der Waals surface area contributed by atoms with E-state index in [1.165, 1.54) is 0 Å². The van der Waals surface area contributed by atoms with Crippen LogP contribution in [-0.4, -0.2) is 11.6 Å². The van der Waals surface area contributed by atoms with Gasteiger partial charge in [0.2, 0.25) is 0 Å². The summed E-state index contributed by atoms with van der Waals surface area (Å²) in [7, 11) is 0. The summed E-state index contributed by atoms with van der Waals surface area (Å²) in [6.07, 6.45) is 1.47. The van der Waals surface area contributed by atoms with E-state index in [4.69, 9.17) is 0 Å². The lowest BCUT2D eigenvalue weighted by molar-refractivity contribution is -0.131. The molecular weight excluding hydrogens is 188 g/mol. The average Bonchev–Trinajstić information content (AvgIpc) is 1.97. The SMILES string of the molecule is CC(C)(C)CCC(=O)CC(=O)C(C)(C)C. The lowest BCUT2D eigenvalue weighted by atomic mass is 9.85. The Hall–Kier alpha value is -0.660. The van der Waals surface area contributed by atoms with Crippen molar-refractivity contribution >= 4 is 11.6 Å². The Balaban J connectivity index is 4.02. The predicted octanol–water partition coefficient (Wildman–Crippen LogP) is 3.39. The van der Waals surface area contributed by atoms with Gasteiger partial charge in [-0.25, -0.2) is 0 Å². The maximum Gasteiger partial charge on any atom is 0.145 e. The van der Waals surface area contributed by atoms with Crippen molar-refractivity contribution in [3.63, 3.8) is 0 Å². The van der Waals surface area contributed by atoms with E-state index in [2.05, 4.69) is 20.8 Å². The van der Waals surface area contributed by atoms with Crippen LogP contribution in [-0.2, 0) is 9.59 Å². The molecule has 0 amide bonds. The van der Waals surface area contributed by atoms with E-state index in [1.54, 1.807) is 0 Å². The highest BCUT2D eigenvalue weighted by atomic mass is 16.1. The fourth-order valence-corrected chi connectivity index (χ4v) is 1.05. The van der Waals surface area contributed by atoms with Crippen LogP contribution in [0.15, 0.2) is 0 Å². The first-order chi connectivity index (χ1) is 6.52. The molecule has 0 heterocycles. The van der Waals surface area contributed by atoms with E-state index in [9.17, 15) is 9.59 Å². The topological polar surface area (TPSA) is 34.1 Å². The van der Waals surface area contributed by atoms with Gasteiger partial charge in [-0.3, -0.25) is 9.59 Å². The van der Waals surface area contributed by atoms with Gasteiger partial charge in [0.25, 0.3) is 0 Å². The highest BCUT2D eigenvalue weighted by Gasteiger charge is 2.24. The third-order valence-corrected chi connectivity index (χ3v) is 2.35. The van der Waals surface area contributed by atoms with Crippen molar-refractivity contribution in [2.24, 2.45) is 10.8 Å². The van der Waals surface area contributed by atoms with Gasteiger partial charge in [0, 0.05) is 11.8 Å². The highest BCUT2D eigenvalue weighted by molar-refractivity contribution is 6.01. The number of rotatable bonds is 4. The van der Waals surface area contributed by atoms with Gasteiger partial charge in [0.15, 0.2) is 0 Å². The molecule has 88 valence electrons. The van der Waals surface area contributed by atoms with Crippen LogP contribution in [0.5, 0.6) is 0 Å². The third kappa shape index (κ3) is 7.29. The zero-order valence-electron chi connectivity index (χ0n) is 10.9. The number of carbonyl (C=O) groups is 2. The van der Waals surface area contributed by atoms with Crippen molar-refractivity contribution < 1.29 is 9.59 Å². The van der Waals surface area contributed by atoms with E-state index in [0.717, 1.165) is 6.42 Å². The van der Waals surface area contributed by atoms with Crippen LogP contribution in [0.3, 0.4) is 0 Å². The van der Waals surface area contributed by atoms with Crippen LogP contribution >= 0.6 is 0 Å². The summed E-state index contributed by atoms with van der Waals surface area (Å²) in [5.41, 5.74) is -0.224. The minimum atomic E-state index is -0.391. The van der Waals surface area contributed by atoms with Crippen LogP contribution in [0.1, 0.15) is 60.8 Å². The Bertz CT molecular complexity index is 238. The molecule has 0 atom stereocenters. The van der Waals surface area contributed by atoms with Crippen LogP contribution in [0.4, 0.5) is 0 Å².